The van der Waals surface area contributed by atoms with Crippen LogP contribution < -0.4 is 5.73 Å². The number of carbonyl (C=O) groups excluding carboxylic acids is 1. The van der Waals surface area contributed by atoms with E-state index < -0.39 is 41.0 Å². The van der Waals surface area contributed by atoms with Gasteiger partial charge in [0.1, 0.15) is 0 Å². The van der Waals surface area contributed by atoms with Crippen LogP contribution in [0, 0.1) is 5.92 Å². The molecule has 1 aromatic rings. The molecular weight excluding hydrogens is 410 g/mol. The molecule has 1 amide bonds. The van der Waals surface area contributed by atoms with Gasteiger partial charge in [-0.3, -0.25) is 4.79 Å². The minimum atomic E-state index is -4.82. The highest BCUT2D eigenvalue weighted by Gasteiger charge is 2.42. The molecule has 1 aliphatic carbocycles. The van der Waals surface area contributed by atoms with Crippen LogP contribution in [-0.4, -0.2) is 17.4 Å². The second kappa shape index (κ2) is 8.15. The lowest BCUT2D eigenvalue weighted by Crippen LogP contribution is -2.31. The van der Waals surface area contributed by atoms with Crippen molar-refractivity contribution in [2.75, 3.05) is 6.54 Å². The van der Waals surface area contributed by atoms with E-state index in [1.807, 2.05) is 0 Å². The number of amides is 1. The monoisotopic (exact) mass is 434 g/mol. The molecule has 1 heterocycles. The normalized spacial score (nSPS) is 21.4. The maximum Gasteiger partial charge on any atom is 0.416 e. The van der Waals surface area contributed by atoms with Crippen molar-refractivity contribution in [3.05, 3.63) is 46.2 Å². The molecule has 1 unspecified atom stereocenters. The fraction of sp³-hybridized carbons (Fsp3) is 0.571. The predicted molar refractivity (Wildman–Crippen MR) is 99.0 cm³/mol. The summed E-state index contributed by atoms with van der Waals surface area (Å²) in [6, 6.07) is 0.475. The molecule has 1 aliphatic heterocycles. The van der Waals surface area contributed by atoms with Gasteiger partial charge in [-0.2, -0.15) is 26.3 Å². The second-order valence-electron chi connectivity index (χ2n) is 8.10. The van der Waals surface area contributed by atoms with E-state index in [1.165, 1.54) is 0 Å². The first-order chi connectivity index (χ1) is 13.9. The molecule has 1 atom stereocenters. The van der Waals surface area contributed by atoms with Gasteiger partial charge in [-0.15, -0.1) is 0 Å². The lowest BCUT2D eigenvalue weighted by molar-refractivity contribution is -0.142. The summed E-state index contributed by atoms with van der Waals surface area (Å²) in [5.74, 6) is -0.548. The molecule has 30 heavy (non-hydrogen) atoms. The highest BCUT2D eigenvalue weighted by Crippen LogP contribution is 2.46. The molecule has 1 fully saturated rings. The first-order valence-corrected chi connectivity index (χ1v) is 9.94. The fourth-order valence-electron chi connectivity index (χ4n) is 4.60. The van der Waals surface area contributed by atoms with Crippen molar-refractivity contribution in [2.45, 2.75) is 63.8 Å². The SMILES string of the molecule is CC1=C(C(N)=O)CC(c2cc(C(F)(F)F)ccc2C(F)(F)F)N1CC1CCCCC1. The van der Waals surface area contributed by atoms with Crippen LogP contribution in [0.15, 0.2) is 29.5 Å². The van der Waals surface area contributed by atoms with Gasteiger partial charge in [0, 0.05) is 24.2 Å². The Morgan fingerprint density at radius 3 is 2.23 bits per heavy atom. The van der Waals surface area contributed by atoms with Gasteiger partial charge < -0.3 is 10.6 Å². The maximum atomic E-state index is 13.7. The van der Waals surface area contributed by atoms with Crippen molar-refractivity contribution < 1.29 is 31.1 Å². The Morgan fingerprint density at radius 1 is 1.07 bits per heavy atom. The van der Waals surface area contributed by atoms with Crippen molar-refractivity contribution in [1.82, 2.24) is 4.90 Å². The average molecular weight is 434 g/mol. The van der Waals surface area contributed by atoms with Crippen LogP contribution in [0.25, 0.3) is 0 Å². The van der Waals surface area contributed by atoms with Crippen LogP contribution in [-0.2, 0) is 17.1 Å². The molecule has 1 aromatic carbocycles. The van der Waals surface area contributed by atoms with Crippen LogP contribution >= 0.6 is 0 Å². The molecule has 0 aromatic heterocycles. The van der Waals surface area contributed by atoms with Gasteiger partial charge in [0.15, 0.2) is 0 Å². The van der Waals surface area contributed by atoms with Crippen LogP contribution in [0.3, 0.4) is 0 Å². The standard InChI is InChI=1S/C21H24F6N2O/c1-12-15(19(28)30)10-18(29(12)11-13-5-3-2-4-6-13)16-9-14(20(22,23)24)7-8-17(16)21(25,26)27/h7-9,13,18H,2-6,10-11H2,1H3,(H2,28,30). The summed E-state index contributed by atoms with van der Waals surface area (Å²) in [6.07, 6.45) is -4.84. The zero-order valence-electron chi connectivity index (χ0n) is 16.5. The Morgan fingerprint density at radius 2 is 1.70 bits per heavy atom. The van der Waals surface area contributed by atoms with E-state index in [1.54, 1.807) is 11.8 Å². The number of carbonyl (C=O) groups is 1. The van der Waals surface area contributed by atoms with Gasteiger partial charge in [0.2, 0.25) is 5.91 Å². The third kappa shape index (κ3) is 4.59. The first-order valence-electron chi connectivity index (χ1n) is 9.94. The molecular formula is C21H24F6N2O. The summed E-state index contributed by atoms with van der Waals surface area (Å²) >= 11 is 0. The lowest BCUT2D eigenvalue weighted by atomic mass is 9.88. The highest BCUT2D eigenvalue weighted by molar-refractivity contribution is 5.93. The van der Waals surface area contributed by atoms with Crippen LogP contribution in [0.5, 0.6) is 0 Å². The molecule has 166 valence electrons. The van der Waals surface area contributed by atoms with Crippen molar-refractivity contribution in [1.29, 1.82) is 0 Å². The number of nitrogens with two attached hydrogens (primary N) is 1. The summed E-state index contributed by atoms with van der Waals surface area (Å²) in [5, 5.41) is 0. The summed E-state index contributed by atoms with van der Waals surface area (Å²) in [6.45, 7) is 1.99. The Bertz CT molecular complexity index is 837. The third-order valence-electron chi connectivity index (χ3n) is 6.16. The van der Waals surface area contributed by atoms with Crippen molar-refractivity contribution >= 4 is 5.91 Å². The van der Waals surface area contributed by atoms with Gasteiger partial charge in [0.05, 0.1) is 17.2 Å². The summed E-state index contributed by atoms with van der Waals surface area (Å²) in [5.41, 5.74) is 3.31. The van der Waals surface area contributed by atoms with Crippen molar-refractivity contribution in [3.63, 3.8) is 0 Å². The molecule has 3 rings (SSSR count). The number of benzene rings is 1. The minimum Gasteiger partial charge on any atom is -0.367 e. The van der Waals surface area contributed by atoms with E-state index in [0.29, 0.717) is 30.4 Å². The van der Waals surface area contributed by atoms with Gasteiger partial charge in [0.25, 0.3) is 0 Å². The van der Waals surface area contributed by atoms with E-state index in [-0.39, 0.29) is 17.9 Å². The number of primary amides is 1. The number of halogens is 6. The molecule has 2 aliphatic rings. The number of nitrogens with zero attached hydrogens (tertiary/aromatic N) is 1. The highest BCUT2D eigenvalue weighted by atomic mass is 19.4. The van der Waals surface area contributed by atoms with E-state index in [9.17, 15) is 31.1 Å². The molecule has 9 heteroatoms. The van der Waals surface area contributed by atoms with Crippen LogP contribution in [0.4, 0.5) is 26.3 Å². The molecule has 0 radical (unpaired) electrons. The summed E-state index contributed by atoms with van der Waals surface area (Å²) in [7, 11) is 0. The molecule has 0 saturated heterocycles. The first kappa shape index (κ1) is 22.5. The Labute approximate surface area is 170 Å². The van der Waals surface area contributed by atoms with Crippen LogP contribution in [0.1, 0.15) is 68.2 Å². The van der Waals surface area contributed by atoms with Gasteiger partial charge in [-0.1, -0.05) is 19.3 Å². The second-order valence-corrected chi connectivity index (χ2v) is 8.10. The van der Waals surface area contributed by atoms with E-state index in [0.717, 1.165) is 32.1 Å². The maximum absolute atomic E-state index is 13.7. The summed E-state index contributed by atoms with van der Waals surface area (Å²) in [4.78, 5) is 13.5. The topological polar surface area (TPSA) is 46.3 Å². The van der Waals surface area contributed by atoms with Crippen LogP contribution in [0.2, 0.25) is 0 Å². The number of allylic oxidation sites excluding steroid dienone is 1. The number of hydrogen-bond donors (Lipinski definition) is 1. The van der Waals surface area contributed by atoms with Gasteiger partial charge >= 0.3 is 12.4 Å². The number of rotatable bonds is 4. The Balaban J connectivity index is 2.07. The molecule has 1 saturated carbocycles. The Hall–Kier alpha value is -2.19. The molecule has 3 nitrogen and oxygen atoms in total. The molecule has 2 N–H and O–H groups in total. The van der Waals surface area contributed by atoms with Gasteiger partial charge in [-0.25, -0.2) is 0 Å². The number of alkyl halides is 6. The molecule has 0 bridgehead atoms. The van der Waals surface area contributed by atoms with Crippen molar-refractivity contribution in [3.8, 4) is 0 Å². The van der Waals surface area contributed by atoms with Crippen molar-refractivity contribution in [2.24, 2.45) is 11.7 Å². The van der Waals surface area contributed by atoms with E-state index in [2.05, 4.69) is 0 Å². The zero-order valence-corrected chi connectivity index (χ0v) is 16.5. The van der Waals surface area contributed by atoms with E-state index >= 15 is 0 Å². The summed E-state index contributed by atoms with van der Waals surface area (Å²) < 4.78 is 80.8. The lowest BCUT2D eigenvalue weighted by Gasteiger charge is -2.35. The third-order valence-corrected chi connectivity index (χ3v) is 6.16. The average Bonchev–Trinajstić information content (AvgIpc) is 2.97. The largest absolute Gasteiger partial charge is 0.416 e. The number of hydrogen-bond acceptors (Lipinski definition) is 2. The predicted octanol–water partition coefficient (Wildman–Crippen LogP) is 5.81. The Kier molecular flexibility index (Phi) is 6.11. The molecule has 0 spiro atoms. The fourth-order valence-corrected chi connectivity index (χ4v) is 4.60. The zero-order chi connectivity index (χ0) is 22.3. The minimum absolute atomic E-state index is 0.141. The van der Waals surface area contributed by atoms with E-state index in [4.69, 9.17) is 5.73 Å². The smallest absolute Gasteiger partial charge is 0.367 e. The van der Waals surface area contributed by atoms with Gasteiger partial charge in [-0.05, 0) is 49.4 Å². The quantitative estimate of drug-likeness (QED) is 0.608.